The van der Waals surface area contributed by atoms with Crippen molar-refractivity contribution >= 4 is 18.4 Å². The number of benzene rings is 2. The highest BCUT2D eigenvalue weighted by Crippen LogP contribution is 2.21. The third-order valence-corrected chi connectivity index (χ3v) is 3.95. The summed E-state index contributed by atoms with van der Waals surface area (Å²) in [4.78, 5) is 0. The fourth-order valence-electron chi connectivity index (χ4n) is 2.37. The van der Waals surface area contributed by atoms with E-state index in [2.05, 4.69) is 15.3 Å². The molecule has 134 valence electrons. The molecule has 1 N–H and O–H groups in total. The number of ether oxygens (including phenoxy) is 2. The molecule has 3 aromatic rings. The van der Waals surface area contributed by atoms with Crippen LogP contribution in [0.5, 0.6) is 11.5 Å². The van der Waals surface area contributed by atoms with Crippen molar-refractivity contribution in [3.05, 3.63) is 70.0 Å². The van der Waals surface area contributed by atoms with Gasteiger partial charge in [0.1, 0.15) is 17.3 Å². The molecule has 0 saturated heterocycles. The maximum atomic E-state index is 13.1. The Bertz CT molecular complexity index is 957. The molecule has 0 amide bonds. The minimum absolute atomic E-state index is 0.280. The Morgan fingerprint density at radius 1 is 1.15 bits per heavy atom. The van der Waals surface area contributed by atoms with Crippen molar-refractivity contribution in [1.29, 1.82) is 0 Å². The lowest BCUT2D eigenvalue weighted by Crippen LogP contribution is -2.01. The van der Waals surface area contributed by atoms with E-state index in [9.17, 15) is 4.39 Å². The minimum Gasteiger partial charge on any atom is -0.497 e. The normalized spacial score (nSPS) is 11.0. The van der Waals surface area contributed by atoms with Gasteiger partial charge in [0, 0.05) is 18.1 Å². The molecule has 2 aromatic carbocycles. The Morgan fingerprint density at radius 2 is 1.81 bits per heavy atom. The van der Waals surface area contributed by atoms with Crippen LogP contribution in [0.4, 0.5) is 4.39 Å². The molecule has 0 bridgehead atoms. The largest absolute Gasteiger partial charge is 0.497 e. The zero-order chi connectivity index (χ0) is 18.5. The van der Waals surface area contributed by atoms with Crippen molar-refractivity contribution < 1.29 is 13.9 Å². The van der Waals surface area contributed by atoms with Crippen LogP contribution in [-0.2, 0) is 6.42 Å². The number of aromatic nitrogens is 3. The molecule has 0 unspecified atom stereocenters. The Balaban J connectivity index is 1.88. The first-order valence-electron chi connectivity index (χ1n) is 7.77. The number of aromatic amines is 1. The number of nitrogens with zero attached hydrogens (tertiary/aromatic N) is 3. The smallest absolute Gasteiger partial charge is 0.216 e. The Kier molecular flexibility index (Phi) is 5.43. The number of H-pyrrole nitrogens is 1. The van der Waals surface area contributed by atoms with E-state index in [1.807, 2.05) is 12.1 Å². The molecule has 0 saturated carbocycles. The van der Waals surface area contributed by atoms with Crippen LogP contribution in [0, 0.1) is 10.6 Å². The summed E-state index contributed by atoms with van der Waals surface area (Å²) in [5, 5.41) is 11.3. The fraction of sp³-hybridized carbons (Fsp3) is 0.167. The number of nitrogens with one attached hydrogen (secondary N) is 1. The van der Waals surface area contributed by atoms with Gasteiger partial charge < -0.3 is 9.47 Å². The highest BCUT2D eigenvalue weighted by atomic mass is 32.1. The summed E-state index contributed by atoms with van der Waals surface area (Å²) >= 11 is 5.24. The summed E-state index contributed by atoms with van der Waals surface area (Å²) in [7, 11) is 3.17. The monoisotopic (exact) mass is 372 g/mol. The van der Waals surface area contributed by atoms with Crippen molar-refractivity contribution in [3.63, 3.8) is 0 Å². The Hall–Kier alpha value is -3.00. The van der Waals surface area contributed by atoms with Crippen molar-refractivity contribution in [2.75, 3.05) is 14.2 Å². The van der Waals surface area contributed by atoms with E-state index in [-0.39, 0.29) is 5.82 Å². The lowest BCUT2D eigenvalue weighted by molar-refractivity contribution is 0.394. The number of halogens is 1. The molecule has 3 rings (SSSR count). The molecule has 0 spiro atoms. The molecule has 0 aliphatic rings. The van der Waals surface area contributed by atoms with Gasteiger partial charge in [0.25, 0.3) is 0 Å². The lowest BCUT2D eigenvalue weighted by Gasteiger charge is -2.06. The molecule has 1 aromatic heterocycles. The zero-order valence-corrected chi connectivity index (χ0v) is 15.1. The number of methoxy groups -OCH3 is 2. The van der Waals surface area contributed by atoms with Gasteiger partial charge in [0.05, 0.1) is 20.4 Å². The van der Waals surface area contributed by atoms with Gasteiger partial charge in [0.2, 0.25) is 4.77 Å². The number of hydrogen-bond donors (Lipinski definition) is 1. The van der Waals surface area contributed by atoms with E-state index in [0.29, 0.717) is 28.5 Å². The first-order chi connectivity index (χ1) is 12.6. The summed E-state index contributed by atoms with van der Waals surface area (Å²) in [6, 6.07) is 11.7. The average Bonchev–Trinajstić information content (AvgIpc) is 3.01. The van der Waals surface area contributed by atoms with Crippen molar-refractivity contribution in [3.8, 4) is 11.5 Å². The van der Waals surface area contributed by atoms with E-state index in [1.54, 1.807) is 38.6 Å². The van der Waals surface area contributed by atoms with Gasteiger partial charge >= 0.3 is 0 Å². The maximum absolute atomic E-state index is 13.1. The van der Waals surface area contributed by atoms with Gasteiger partial charge in [-0.25, -0.2) is 4.39 Å². The van der Waals surface area contributed by atoms with Crippen LogP contribution in [0.25, 0.3) is 0 Å². The SMILES string of the molecule is COc1cc(/C=N\n2c(Cc3ccc(F)cc3)n[nH]c2=S)cc(OC)c1. The fourth-order valence-corrected chi connectivity index (χ4v) is 2.57. The minimum atomic E-state index is -0.280. The molecule has 26 heavy (non-hydrogen) atoms. The summed E-state index contributed by atoms with van der Waals surface area (Å²) in [6.07, 6.45) is 2.11. The van der Waals surface area contributed by atoms with E-state index >= 15 is 0 Å². The number of hydrogen-bond acceptors (Lipinski definition) is 5. The van der Waals surface area contributed by atoms with E-state index in [4.69, 9.17) is 21.7 Å². The zero-order valence-electron chi connectivity index (χ0n) is 14.3. The Labute approximate surface area is 154 Å². The lowest BCUT2D eigenvalue weighted by atomic mass is 10.1. The molecular weight excluding hydrogens is 355 g/mol. The van der Waals surface area contributed by atoms with Gasteiger partial charge in [-0.05, 0) is 42.0 Å². The molecule has 1 heterocycles. The van der Waals surface area contributed by atoms with Gasteiger partial charge in [0.15, 0.2) is 5.82 Å². The summed E-state index contributed by atoms with van der Waals surface area (Å²) in [6.45, 7) is 0. The van der Waals surface area contributed by atoms with Crippen LogP contribution < -0.4 is 9.47 Å². The summed E-state index contributed by atoms with van der Waals surface area (Å²) in [5.74, 6) is 1.66. The van der Waals surface area contributed by atoms with Crippen molar-refractivity contribution in [2.45, 2.75) is 6.42 Å². The predicted molar refractivity (Wildman–Crippen MR) is 99.2 cm³/mol. The predicted octanol–water partition coefficient (Wildman–Crippen LogP) is 3.57. The first kappa shape index (κ1) is 17.8. The molecule has 0 fully saturated rings. The van der Waals surface area contributed by atoms with Crippen LogP contribution in [0.3, 0.4) is 0 Å². The molecule has 6 nitrogen and oxygen atoms in total. The van der Waals surface area contributed by atoms with Crippen LogP contribution in [0.15, 0.2) is 47.6 Å². The summed E-state index contributed by atoms with van der Waals surface area (Å²) in [5.41, 5.74) is 1.69. The van der Waals surface area contributed by atoms with Crippen LogP contribution in [-0.4, -0.2) is 35.3 Å². The third kappa shape index (κ3) is 4.15. The van der Waals surface area contributed by atoms with Crippen LogP contribution in [0.1, 0.15) is 17.0 Å². The molecular formula is C18H17FN4O2S. The second kappa shape index (κ2) is 7.92. The molecule has 0 radical (unpaired) electrons. The van der Waals surface area contributed by atoms with Crippen LogP contribution >= 0.6 is 12.2 Å². The van der Waals surface area contributed by atoms with E-state index in [0.717, 1.165) is 11.1 Å². The molecule has 8 heteroatoms. The molecule has 0 aliphatic carbocycles. The van der Waals surface area contributed by atoms with Gasteiger partial charge in [-0.15, -0.1) is 0 Å². The molecule has 0 atom stereocenters. The highest BCUT2D eigenvalue weighted by molar-refractivity contribution is 7.71. The van der Waals surface area contributed by atoms with Gasteiger partial charge in [-0.3, -0.25) is 5.10 Å². The summed E-state index contributed by atoms with van der Waals surface area (Å²) < 4.78 is 25.5. The second-order valence-electron chi connectivity index (χ2n) is 5.45. The van der Waals surface area contributed by atoms with Crippen molar-refractivity contribution in [1.82, 2.24) is 14.9 Å². The first-order valence-corrected chi connectivity index (χ1v) is 8.18. The maximum Gasteiger partial charge on any atom is 0.216 e. The second-order valence-corrected chi connectivity index (χ2v) is 5.84. The van der Waals surface area contributed by atoms with Crippen molar-refractivity contribution in [2.24, 2.45) is 5.10 Å². The third-order valence-electron chi connectivity index (χ3n) is 3.69. The van der Waals surface area contributed by atoms with E-state index < -0.39 is 0 Å². The van der Waals surface area contributed by atoms with E-state index in [1.165, 1.54) is 16.8 Å². The highest BCUT2D eigenvalue weighted by Gasteiger charge is 2.07. The number of rotatable bonds is 6. The van der Waals surface area contributed by atoms with Gasteiger partial charge in [-0.2, -0.15) is 14.9 Å². The molecule has 0 aliphatic heterocycles. The topological polar surface area (TPSA) is 64.4 Å². The quantitative estimate of drug-likeness (QED) is 0.531. The Morgan fingerprint density at radius 3 is 2.42 bits per heavy atom. The standard InChI is InChI=1S/C18H17FN4O2S/c1-24-15-7-13(8-16(10-15)25-2)11-20-23-17(21-22-18(23)26)9-12-3-5-14(19)6-4-12/h3-8,10-11H,9H2,1-2H3,(H,22,26)/b20-11-. The average molecular weight is 372 g/mol. The van der Waals surface area contributed by atoms with Crippen LogP contribution in [0.2, 0.25) is 0 Å². The van der Waals surface area contributed by atoms with Gasteiger partial charge in [-0.1, -0.05) is 12.1 Å².